The van der Waals surface area contributed by atoms with Crippen LogP contribution in [0.3, 0.4) is 0 Å². The minimum Gasteiger partial charge on any atom is -0.396 e. The van der Waals surface area contributed by atoms with Crippen molar-refractivity contribution in [1.29, 1.82) is 0 Å². The van der Waals surface area contributed by atoms with Gasteiger partial charge in [-0.1, -0.05) is 67.3 Å². The smallest absolute Gasteiger partial charge is 0.223 e. The molecule has 7 heteroatoms. The summed E-state index contributed by atoms with van der Waals surface area (Å²) in [6.07, 6.45) is 10.7. The average Bonchev–Trinajstić information content (AvgIpc) is 2.84. The normalized spacial score (nSPS) is 12.1. The van der Waals surface area contributed by atoms with Gasteiger partial charge in [-0.15, -0.1) is 0 Å². The van der Waals surface area contributed by atoms with Crippen molar-refractivity contribution in [2.24, 2.45) is 11.6 Å². The van der Waals surface area contributed by atoms with Crippen LogP contribution >= 0.6 is 0 Å². The number of hydrogen-bond donors (Lipinski definition) is 3. The van der Waals surface area contributed by atoms with Gasteiger partial charge in [0.15, 0.2) is 0 Å². The van der Waals surface area contributed by atoms with Crippen LogP contribution in [0.15, 0.2) is 104 Å². The van der Waals surface area contributed by atoms with Gasteiger partial charge < -0.3 is 16.1 Å². The second-order valence-electron chi connectivity index (χ2n) is 7.07. The molecule has 1 aromatic heterocycles. The fourth-order valence-electron chi connectivity index (χ4n) is 3.05. The molecule has 0 fully saturated rings. The summed E-state index contributed by atoms with van der Waals surface area (Å²) >= 11 is 0. The highest BCUT2D eigenvalue weighted by Crippen LogP contribution is 2.24. The summed E-state index contributed by atoms with van der Waals surface area (Å²) in [5, 5.41) is 4.72. The number of nitrogens with zero attached hydrogens (tertiary/aromatic N) is 3. The Bertz CT molecular complexity index is 1140. The molecule has 1 heterocycles. The predicted octanol–water partition coefficient (Wildman–Crippen LogP) is 4.49. The topological polar surface area (TPSA) is 93.1 Å². The third-order valence-corrected chi connectivity index (χ3v) is 4.69. The minimum atomic E-state index is -0.343. The molecule has 0 aliphatic carbocycles. The maximum absolute atomic E-state index is 13.4. The van der Waals surface area contributed by atoms with E-state index in [4.69, 9.17) is 11.6 Å². The van der Waals surface area contributed by atoms with Crippen LogP contribution in [0.25, 0.3) is 11.4 Å². The Hall–Kier alpha value is -4.23. The van der Waals surface area contributed by atoms with E-state index in [1.54, 1.807) is 30.5 Å². The molecule has 0 atom stereocenters. The van der Waals surface area contributed by atoms with Crippen molar-refractivity contribution in [3.05, 3.63) is 126 Å². The number of hydrogen-bond acceptors (Lipinski definition) is 6. The van der Waals surface area contributed by atoms with Crippen LogP contribution in [-0.4, -0.2) is 21.5 Å². The van der Waals surface area contributed by atoms with Gasteiger partial charge >= 0.3 is 0 Å². The highest BCUT2D eigenvalue weighted by atomic mass is 19.1. The SMILES string of the molecule is C=C/C=C\C=C/CN(N)/C(=C(\N)c1ccc(F)cc1)c1ccnc(NCc2ccccc2)n1. The molecule has 0 aliphatic rings. The summed E-state index contributed by atoms with van der Waals surface area (Å²) in [6, 6.07) is 17.6. The Morgan fingerprint density at radius 1 is 1.03 bits per heavy atom. The highest BCUT2D eigenvalue weighted by Gasteiger charge is 2.16. The van der Waals surface area contributed by atoms with E-state index in [-0.39, 0.29) is 5.82 Å². The molecule has 3 rings (SSSR count). The number of anilines is 1. The number of hydrazine groups is 1. The first-order valence-corrected chi connectivity index (χ1v) is 10.4. The first kappa shape index (κ1) is 23.4. The quantitative estimate of drug-likeness (QED) is 0.243. The number of rotatable bonds is 10. The Morgan fingerprint density at radius 2 is 1.79 bits per heavy atom. The van der Waals surface area contributed by atoms with Gasteiger partial charge in [0.25, 0.3) is 0 Å². The molecule has 0 amide bonds. The molecule has 0 saturated heterocycles. The monoisotopic (exact) mass is 442 g/mol. The van der Waals surface area contributed by atoms with E-state index in [1.165, 1.54) is 17.1 Å². The van der Waals surface area contributed by atoms with Gasteiger partial charge in [-0.3, -0.25) is 0 Å². The summed E-state index contributed by atoms with van der Waals surface area (Å²) in [5.74, 6) is 6.49. The third kappa shape index (κ3) is 6.88. The lowest BCUT2D eigenvalue weighted by atomic mass is 10.1. The fourth-order valence-corrected chi connectivity index (χ4v) is 3.05. The Kier molecular flexibility index (Phi) is 8.50. The Balaban J connectivity index is 1.92. The molecule has 33 heavy (non-hydrogen) atoms. The standard InChI is InChI=1S/C26H27FN6/c1-2-3-4-5-9-18-33(29)25(24(28)21-12-14-22(27)15-13-21)23-16-17-30-26(32-23)31-19-20-10-7-6-8-11-20/h2-17H,1,18-19,28-29H2,(H,30,31,32)/b4-3-,9-5-,25-24-. The molecular weight excluding hydrogens is 415 g/mol. The van der Waals surface area contributed by atoms with Crippen molar-refractivity contribution in [2.75, 3.05) is 11.9 Å². The molecule has 2 aromatic carbocycles. The minimum absolute atomic E-state index is 0.343. The molecule has 6 nitrogen and oxygen atoms in total. The molecule has 0 bridgehead atoms. The molecule has 3 aromatic rings. The second-order valence-corrected chi connectivity index (χ2v) is 7.07. The first-order chi connectivity index (χ1) is 16.1. The Labute approximate surface area is 193 Å². The third-order valence-electron chi connectivity index (χ3n) is 4.69. The molecule has 0 spiro atoms. The van der Waals surface area contributed by atoms with E-state index >= 15 is 0 Å². The lowest BCUT2D eigenvalue weighted by molar-refractivity contribution is 0.462. The van der Waals surface area contributed by atoms with Crippen molar-refractivity contribution in [2.45, 2.75) is 6.54 Å². The molecule has 5 N–H and O–H groups in total. The van der Waals surface area contributed by atoms with Gasteiger partial charge in [0.1, 0.15) is 11.5 Å². The van der Waals surface area contributed by atoms with Gasteiger partial charge in [-0.25, -0.2) is 20.2 Å². The zero-order valence-corrected chi connectivity index (χ0v) is 18.2. The number of halogens is 1. The first-order valence-electron chi connectivity index (χ1n) is 10.4. The molecule has 0 saturated carbocycles. The number of nitrogens with two attached hydrogens (primary N) is 2. The van der Waals surface area contributed by atoms with Gasteiger partial charge in [-0.05, 0) is 41.5 Å². The van der Waals surface area contributed by atoms with E-state index in [0.717, 1.165) is 5.56 Å². The predicted molar refractivity (Wildman–Crippen MR) is 133 cm³/mol. The maximum atomic E-state index is 13.4. The van der Waals surface area contributed by atoms with Gasteiger partial charge in [-0.2, -0.15) is 0 Å². The summed E-state index contributed by atoms with van der Waals surface area (Å²) in [6.45, 7) is 4.58. The van der Waals surface area contributed by atoms with Crippen LogP contribution in [0, 0.1) is 5.82 Å². The van der Waals surface area contributed by atoms with Crippen molar-refractivity contribution in [3.8, 4) is 0 Å². The van der Waals surface area contributed by atoms with Crippen LogP contribution in [0.4, 0.5) is 10.3 Å². The van der Waals surface area contributed by atoms with Crippen LogP contribution in [0.5, 0.6) is 0 Å². The highest BCUT2D eigenvalue weighted by molar-refractivity contribution is 5.87. The van der Waals surface area contributed by atoms with E-state index < -0.39 is 0 Å². The van der Waals surface area contributed by atoms with Crippen LogP contribution in [-0.2, 0) is 6.54 Å². The van der Waals surface area contributed by atoms with Gasteiger partial charge in [0.05, 0.1) is 17.9 Å². The summed E-state index contributed by atoms with van der Waals surface area (Å²) in [7, 11) is 0. The summed E-state index contributed by atoms with van der Waals surface area (Å²) < 4.78 is 13.4. The van der Waals surface area contributed by atoms with Crippen LogP contribution in [0.1, 0.15) is 16.8 Å². The van der Waals surface area contributed by atoms with E-state index in [2.05, 4.69) is 21.9 Å². The number of allylic oxidation sites excluding steroid dienone is 4. The largest absolute Gasteiger partial charge is 0.396 e. The number of aromatic nitrogens is 2. The molecule has 168 valence electrons. The summed E-state index contributed by atoms with van der Waals surface area (Å²) in [5.41, 5.74) is 9.65. The van der Waals surface area contributed by atoms with E-state index in [9.17, 15) is 4.39 Å². The molecule has 0 aliphatic heterocycles. The average molecular weight is 443 g/mol. The van der Waals surface area contributed by atoms with Crippen molar-refractivity contribution in [3.63, 3.8) is 0 Å². The van der Waals surface area contributed by atoms with Gasteiger partial charge in [0, 0.05) is 12.7 Å². The maximum Gasteiger partial charge on any atom is 0.223 e. The molecular formula is C26H27FN6. The van der Waals surface area contributed by atoms with E-state index in [0.29, 0.717) is 41.7 Å². The number of benzene rings is 2. The zero-order chi connectivity index (χ0) is 23.5. The van der Waals surface area contributed by atoms with Crippen molar-refractivity contribution < 1.29 is 4.39 Å². The fraction of sp³-hybridized carbons (Fsp3) is 0.0769. The lowest BCUT2D eigenvalue weighted by Crippen LogP contribution is -2.32. The van der Waals surface area contributed by atoms with Crippen LogP contribution < -0.4 is 16.9 Å². The second kappa shape index (κ2) is 12.0. The lowest BCUT2D eigenvalue weighted by Gasteiger charge is -2.23. The number of nitrogens with one attached hydrogen (secondary N) is 1. The molecule has 0 unspecified atom stereocenters. The van der Waals surface area contributed by atoms with Crippen molar-refractivity contribution >= 4 is 17.3 Å². The molecule has 0 radical (unpaired) electrons. The van der Waals surface area contributed by atoms with E-state index in [1.807, 2.05) is 54.6 Å². The summed E-state index contributed by atoms with van der Waals surface area (Å²) in [4.78, 5) is 8.93. The zero-order valence-electron chi connectivity index (χ0n) is 18.2. The van der Waals surface area contributed by atoms with Gasteiger partial charge in [0.2, 0.25) is 5.95 Å². The Morgan fingerprint density at radius 3 is 2.52 bits per heavy atom. The van der Waals surface area contributed by atoms with Crippen molar-refractivity contribution in [1.82, 2.24) is 15.0 Å². The van der Waals surface area contributed by atoms with Crippen LogP contribution in [0.2, 0.25) is 0 Å².